The molecule has 1 N–H and O–H groups in total. The minimum absolute atomic E-state index is 0.674. The Morgan fingerprint density at radius 2 is 2.13 bits per heavy atom. The summed E-state index contributed by atoms with van der Waals surface area (Å²) in [5, 5.41) is 7.36. The van der Waals surface area contributed by atoms with Crippen LogP contribution in [-0.4, -0.2) is 14.8 Å². The van der Waals surface area contributed by atoms with Gasteiger partial charge in [0.1, 0.15) is 5.82 Å². The standard InChI is InChI=1S/C11H17N3S/c1-2-3-14-10(12-13-11(14)15)9-5-7-4-8(7)6-9/h7-9H,2-6H2,1H3,(H,13,15). The zero-order valence-electron chi connectivity index (χ0n) is 9.07. The molecular formula is C11H17N3S. The van der Waals surface area contributed by atoms with E-state index in [0.29, 0.717) is 5.92 Å². The molecule has 2 aliphatic rings. The van der Waals surface area contributed by atoms with Crippen LogP contribution < -0.4 is 0 Å². The normalized spacial score (nSPS) is 33.0. The first-order valence-electron chi connectivity index (χ1n) is 5.94. The molecule has 2 atom stereocenters. The third kappa shape index (κ3) is 1.55. The maximum Gasteiger partial charge on any atom is 0.195 e. The lowest BCUT2D eigenvalue weighted by Crippen LogP contribution is -2.08. The molecule has 3 rings (SSSR count). The van der Waals surface area contributed by atoms with Crippen LogP contribution in [0.3, 0.4) is 0 Å². The number of aromatic amines is 1. The molecule has 0 radical (unpaired) electrons. The predicted octanol–water partition coefficient (Wildman–Crippen LogP) is 2.86. The lowest BCUT2D eigenvalue weighted by Gasteiger charge is -2.12. The maximum atomic E-state index is 5.26. The fraction of sp³-hybridized carbons (Fsp3) is 0.818. The summed E-state index contributed by atoms with van der Waals surface area (Å²) >= 11 is 5.26. The summed E-state index contributed by atoms with van der Waals surface area (Å²) < 4.78 is 3.00. The van der Waals surface area contributed by atoms with E-state index in [0.717, 1.165) is 29.6 Å². The number of nitrogens with zero attached hydrogens (tertiary/aromatic N) is 2. The number of nitrogens with one attached hydrogen (secondary N) is 1. The van der Waals surface area contributed by atoms with Crippen molar-refractivity contribution in [2.45, 2.75) is 45.1 Å². The van der Waals surface area contributed by atoms with Crippen LogP contribution in [0.25, 0.3) is 0 Å². The smallest absolute Gasteiger partial charge is 0.195 e. The average Bonchev–Trinajstić information content (AvgIpc) is 2.68. The van der Waals surface area contributed by atoms with E-state index in [2.05, 4.69) is 21.7 Å². The molecule has 15 heavy (non-hydrogen) atoms. The summed E-state index contributed by atoms with van der Waals surface area (Å²) in [7, 11) is 0. The Morgan fingerprint density at radius 3 is 2.80 bits per heavy atom. The van der Waals surface area contributed by atoms with Gasteiger partial charge in [-0.15, -0.1) is 0 Å². The van der Waals surface area contributed by atoms with E-state index in [9.17, 15) is 0 Å². The Hall–Kier alpha value is -0.640. The highest BCUT2D eigenvalue weighted by molar-refractivity contribution is 7.71. The van der Waals surface area contributed by atoms with Crippen LogP contribution in [-0.2, 0) is 6.54 Å². The van der Waals surface area contributed by atoms with Crippen molar-refractivity contribution < 1.29 is 0 Å². The van der Waals surface area contributed by atoms with Crippen LogP contribution in [0.5, 0.6) is 0 Å². The second-order valence-corrected chi connectivity index (χ2v) is 5.35. The van der Waals surface area contributed by atoms with Crippen molar-refractivity contribution in [1.82, 2.24) is 14.8 Å². The molecule has 0 spiro atoms. The Labute approximate surface area is 94.9 Å². The van der Waals surface area contributed by atoms with Gasteiger partial charge in [-0.05, 0) is 49.7 Å². The molecule has 3 nitrogen and oxygen atoms in total. The lowest BCUT2D eigenvalue weighted by atomic mass is 10.0. The van der Waals surface area contributed by atoms with Crippen LogP contribution in [0.2, 0.25) is 0 Å². The first-order valence-corrected chi connectivity index (χ1v) is 6.35. The Balaban J connectivity index is 1.87. The summed E-state index contributed by atoms with van der Waals surface area (Å²) in [5.41, 5.74) is 0. The van der Waals surface area contributed by atoms with Crippen molar-refractivity contribution in [2.24, 2.45) is 11.8 Å². The topological polar surface area (TPSA) is 33.6 Å². The zero-order chi connectivity index (χ0) is 10.4. The van der Waals surface area contributed by atoms with Gasteiger partial charge in [0, 0.05) is 12.5 Å². The number of aromatic nitrogens is 3. The van der Waals surface area contributed by atoms with Gasteiger partial charge in [-0.2, -0.15) is 5.10 Å². The molecule has 1 aromatic rings. The Kier molecular flexibility index (Phi) is 2.20. The van der Waals surface area contributed by atoms with E-state index in [4.69, 9.17) is 12.2 Å². The van der Waals surface area contributed by atoms with Gasteiger partial charge in [-0.25, -0.2) is 0 Å². The fourth-order valence-electron chi connectivity index (χ4n) is 3.01. The van der Waals surface area contributed by atoms with E-state index < -0.39 is 0 Å². The van der Waals surface area contributed by atoms with Gasteiger partial charge in [0.2, 0.25) is 0 Å². The van der Waals surface area contributed by atoms with Gasteiger partial charge in [0.25, 0.3) is 0 Å². The van der Waals surface area contributed by atoms with Crippen molar-refractivity contribution in [2.75, 3.05) is 0 Å². The van der Waals surface area contributed by atoms with E-state index in [1.54, 1.807) is 0 Å². The van der Waals surface area contributed by atoms with Crippen LogP contribution in [0, 0.1) is 16.6 Å². The van der Waals surface area contributed by atoms with Crippen molar-refractivity contribution >= 4 is 12.2 Å². The molecule has 1 aromatic heterocycles. The summed E-state index contributed by atoms with van der Waals surface area (Å²) in [6, 6.07) is 0. The second-order valence-electron chi connectivity index (χ2n) is 4.96. The molecule has 0 amide bonds. The number of fused-ring (bicyclic) bond motifs is 1. The predicted molar refractivity (Wildman–Crippen MR) is 61.3 cm³/mol. The molecule has 2 aliphatic carbocycles. The van der Waals surface area contributed by atoms with Crippen LogP contribution in [0.4, 0.5) is 0 Å². The highest BCUT2D eigenvalue weighted by Gasteiger charge is 2.47. The minimum atomic E-state index is 0.674. The highest BCUT2D eigenvalue weighted by atomic mass is 32.1. The minimum Gasteiger partial charge on any atom is -0.304 e. The molecule has 4 heteroatoms. The molecule has 0 bridgehead atoms. The van der Waals surface area contributed by atoms with Gasteiger partial charge in [0.05, 0.1) is 0 Å². The number of hydrogen-bond acceptors (Lipinski definition) is 2. The van der Waals surface area contributed by atoms with Gasteiger partial charge >= 0.3 is 0 Å². The van der Waals surface area contributed by atoms with Crippen LogP contribution >= 0.6 is 12.2 Å². The first-order chi connectivity index (χ1) is 7.29. The maximum absolute atomic E-state index is 5.26. The number of rotatable bonds is 3. The third-order valence-electron chi connectivity index (χ3n) is 3.84. The molecule has 1 heterocycles. The average molecular weight is 223 g/mol. The lowest BCUT2D eigenvalue weighted by molar-refractivity contribution is 0.534. The Bertz CT molecular complexity index is 410. The summed E-state index contributed by atoms with van der Waals surface area (Å²) in [6.07, 6.45) is 5.28. The first kappa shape index (κ1) is 9.58. The monoisotopic (exact) mass is 223 g/mol. The number of hydrogen-bond donors (Lipinski definition) is 1. The van der Waals surface area contributed by atoms with Crippen LogP contribution in [0.1, 0.15) is 44.3 Å². The molecule has 0 aromatic carbocycles. The van der Waals surface area contributed by atoms with Crippen molar-refractivity contribution in [3.05, 3.63) is 10.6 Å². The van der Waals surface area contributed by atoms with Gasteiger partial charge in [0.15, 0.2) is 4.77 Å². The van der Waals surface area contributed by atoms with E-state index >= 15 is 0 Å². The largest absolute Gasteiger partial charge is 0.304 e. The van der Waals surface area contributed by atoms with E-state index in [1.165, 1.54) is 25.1 Å². The van der Waals surface area contributed by atoms with Crippen LogP contribution in [0.15, 0.2) is 0 Å². The molecule has 2 fully saturated rings. The molecular weight excluding hydrogens is 206 g/mol. The van der Waals surface area contributed by atoms with Gasteiger partial charge in [-0.3, -0.25) is 5.10 Å². The summed E-state index contributed by atoms with van der Waals surface area (Å²) in [4.78, 5) is 0. The highest BCUT2D eigenvalue weighted by Crippen LogP contribution is 2.57. The molecule has 2 saturated carbocycles. The SMILES string of the molecule is CCCn1c(C2CC3CC3C2)n[nH]c1=S. The van der Waals surface area contributed by atoms with Gasteiger partial charge in [-0.1, -0.05) is 6.92 Å². The van der Waals surface area contributed by atoms with E-state index in [1.807, 2.05) is 0 Å². The van der Waals surface area contributed by atoms with Crippen molar-refractivity contribution in [1.29, 1.82) is 0 Å². The van der Waals surface area contributed by atoms with Crippen molar-refractivity contribution in [3.63, 3.8) is 0 Å². The summed E-state index contributed by atoms with van der Waals surface area (Å²) in [5.74, 6) is 3.91. The number of H-pyrrole nitrogens is 1. The van der Waals surface area contributed by atoms with E-state index in [-0.39, 0.29) is 0 Å². The molecule has 0 aliphatic heterocycles. The summed E-state index contributed by atoms with van der Waals surface area (Å²) in [6.45, 7) is 3.20. The quantitative estimate of drug-likeness (QED) is 0.799. The molecule has 82 valence electrons. The van der Waals surface area contributed by atoms with Gasteiger partial charge < -0.3 is 4.57 Å². The fourth-order valence-corrected chi connectivity index (χ4v) is 3.24. The van der Waals surface area contributed by atoms with Crippen molar-refractivity contribution in [3.8, 4) is 0 Å². The third-order valence-corrected chi connectivity index (χ3v) is 4.16. The molecule has 0 saturated heterocycles. The zero-order valence-corrected chi connectivity index (χ0v) is 9.89. The Morgan fingerprint density at radius 1 is 1.40 bits per heavy atom. The molecule has 2 unspecified atom stereocenters. The second kappa shape index (κ2) is 3.44.